The first-order valence-electron chi connectivity index (χ1n) is 10.7. The molecule has 192 valence electrons. The lowest BCUT2D eigenvalue weighted by Gasteiger charge is -2.21. The number of esters is 1. The summed E-state index contributed by atoms with van der Waals surface area (Å²) in [5.41, 5.74) is -0.0962. The highest BCUT2D eigenvalue weighted by molar-refractivity contribution is 7.90. The van der Waals surface area contributed by atoms with Gasteiger partial charge in [0.2, 0.25) is 0 Å². The summed E-state index contributed by atoms with van der Waals surface area (Å²) in [4.78, 5) is 24.0. The van der Waals surface area contributed by atoms with Crippen LogP contribution >= 0.6 is 11.6 Å². The summed E-state index contributed by atoms with van der Waals surface area (Å²) in [5.74, 6) is -1.13. The predicted molar refractivity (Wildman–Crippen MR) is 132 cm³/mol. The van der Waals surface area contributed by atoms with Crippen LogP contribution in [-0.2, 0) is 24.2 Å². The zero-order chi connectivity index (χ0) is 26.4. The molecule has 0 saturated heterocycles. The number of benzene rings is 2. The number of anilines is 1. The number of methoxy groups -OCH3 is 1. The molecule has 35 heavy (non-hydrogen) atoms. The van der Waals surface area contributed by atoms with Gasteiger partial charge >= 0.3 is 11.9 Å². The summed E-state index contributed by atoms with van der Waals surface area (Å²) < 4.78 is 40.3. The van der Waals surface area contributed by atoms with E-state index in [0.29, 0.717) is 11.4 Å². The molecule has 0 amide bonds. The Hall–Kier alpha value is -2.98. The van der Waals surface area contributed by atoms with Crippen LogP contribution < -0.4 is 14.8 Å². The van der Waals surface area contributed by atoms with Gasteiger partial charge in [0.15, 0.2) is 15.9 Å². The molecule has 2 N–H and O–H groups in total. The van der Waals surface area contributed by atoms with Crippen molar-refractivity contribution in [3.05, 3.63) is 47.0 Å². The van der Waals surface area contributed by atoms with Crippen LogP contribution in [0.3, 0.4) is 0 Å². The van der Waals surface area contributed by atoms with E-state index in [9.17, 15) is 23.1 Å². The molecule has 1 atom stereocenters. The Kier molecular flexibility index (Phi) is 9.39. The van der Waals surface area contributed by atoms with Gasteiger partial charge in [0.1, 0.15) is 17.1 Å². The van der Waals surface area contributed by atoms with Gasteiger partial charge < -0.3 is 24.6 Å². The number of carboxylic acid groups (broad SMARTS) is 1. The highest BCUT2D eigenvalue weighted by Gasteiger charge is 2.25. The van der Waals surface area contributed by atoms with Crippen LogP contribution in [0.5, 0.6) is 11.5 Å². The average Bonchev–Trinajstić information content (AvgIpc) is 2.73. The second-order valence-corrected chi connectivity index (χ2v) is 11.3. The SMILES string of the molecule is COc1cc(NC(C(=O)O)c2ccc(Cl)cc2OCCCC(=O)OC(C)(C)C)cc(S(C)(=O)=O)c1. The van der Waals surface area contributed by atoms with Gasteiger partial charge in [-0.15, -0.1) is 0 Å². The first kappa shape index (κ1) is 28.3. The van der Waals surface area contributed by atoms with Crippen molar-refractivity contribution in [1.29, 1.82) is 0 Å². The Morgan fingerprint density at radius 3 is 2.40 bits per heavy atom. The maximum absolute atomic E-state index is 12.2. The minimum Gasteiger partial charge on any atom is -0.497 e. The number of sulfone groups is 1. The van der Waals surface area contributed by atoms with E-state index in [-0.39, 0.29) is 46.6 Å². The fraction of sp³-hybridized carbons (Fsp3) is 0.417. The third-order valence-corrected chi connectivity index (χ3v) is 5.92. The molecule has 11 heteroatoms. The lowest BCUT2D eigenvalue weighted by molar-refractivity contribution is -0.155. The Bertz CT molecular complexity index is 1170. The van der Waals surface area contributed by atoms with E-state index in [2.05, 4.69) is 5.32 Å². The molecular formula is C24H30ClNO8S. The van der Waals surface area contributed by atoms with Crippen molar-refractivity contribution in [2.75, 3.05) is 25.3 Å². The molecule has 0 aromatic heterocycles. The molecular weight excluding hydrogens is 498 g/mol. The molecule has 0 aliphatic carbocycles. The van der Waals surface area contributed by atoms with E-state index in [4.69, 9.17) is 25.8 Å². The highest BCUT2D eigenvalue weighted by Crippen LogP contribution is 2.33. The smallest absolute Gasteiger partial charge is 0.330 e. The van der Waals surface area contributed by atoms with Crippen LogP contribution in [0.1, 0.15) is 45.2 Å². The van der Waals surface area contributed by atoms with Gasteiger partial charge in [-0.1, -0.05) is 17.7 Å². The van der Waals surface area contributed by atoms with E-state index < -0.39 is 27.4 Å². The summed E-state index contributed by atoms with van der Waals surface area (Å²) in [6.07, 6.45) is 1.52. The second-order valence-electron chi connectivity index (χ2n) is 8.81. The van der Waals surface area contributed by atoms with E-state index in [1.165, 1.54) is 43.5 Å². The number of hydrogen-bond donors (Lipinski definition) is 2. The van der Waals surface area contributed by atoms with Gasteiger partial charge in [0.05, 0.1) is 18.6 Å². The molecule has 0 aliphatic rings. The molecule has 0 fully saturated rings. The van der Waals surface area contributed by atoms with E-state index >= 15 is 0 Å². The van der Waals surface area contributed by atoms with Gasteiger partial charge in [-0.3, -0.25) is 4.79 Å². The average molecular weight is 528 g/mol. The van der Waals surface area contributed by atoms with Crippen molar-refractivity contribution in [2.24, 2.45) is 0 Å². The van der Waals surface area contributed by atoms with Gasteiger partial charge in [-0.05, 0) is 51.5 Å². The van der Waals surface area contributed by atoms with Crippen molar-refractivity contribution in [1.82, 2.24) is 0 Å². The summed E-state index contributed by atoms with van der Waals surface area (Å²) in [5, 5.41) is 13.1. The quantitative estimate of drug-likeness (QED) is 0.320. The zero-order valence-electron chi connectivity index (χ0n) is 20.3. The number of carboxylic acids is 1. The molecule has 0 saturated carbocycles. The first-order chi connectivity index (χ1) is 16.2. The van der Waals surface area contributed by atoms with Crippen molar-refractivity contribution in [3.8, 4) is 11.5 Å². The number of carbonyl (C=O) groups is 2. The first-order valence-corrected chi connectivity index (χ1v) is 13.0. The standard InChI is InChI=1S/C24H30ClNO8S/c1-24(2,3)34-21(27)7-6-10-33-20-11-15(25)8-9-19(20)22(23(28)29)26-16-12-17(32-4)14-18(13-16)35(5,30)31/h8-9,11-14,22,26H,6-7,10H2,1-5H3,(H,28,29). The van der Waals surface area contributed by atoms with E-state index in [1.54, 1.807) is 20.8 Å². The van der Waals surface area contributed by atoms with E-state index in [1.807, 2.05) is 0 Å². The molecule has 9 nitrogen and oxygen atoms in total. The summed E-state index contributed by atoms with van der Waals surface area (Å²) >= 11 is 6.10. The molecule has 0 heterocycles. The molecule has 1 unspecified atom stereocenters. The maximum atomic E-state index is 12.2. The Morgan fingerprint density at radius 1 is 1.14 bits per heavy atom. The molecule has 2 aromatic rings. The zero-order valence-corrected chi connectivity index (χ0v) is 21.8. The van der Waals surface area contributed by atoms with Gasteiger partial charge in [-0.25, -0.2) is 13.2 Å². The molecule has 0 spiro atoms. The van der Waals surface area contributed by atoms with Crippen LogP contribution in [-0.4, -0.2) is 51.0 Å². The van der Waals surface area contributed by atoms with Crippen molar-refractivity contribution < 1.29 is 37.3 Å². The largest absolute Gasteiger partial charge is 0.497 e. The molecule has 0 radical (unpaired) electrons. The number of aliphatic carboxylic acids is 1. The van der Waals surface area contributed by atoms with Crippen LogP contribution in [0, 0.1) is 0 Å². The second kappa shape index (κ2) is 11.6. The maximum Gasteiger partial charge on any atom is 0.330 e. The third-order valence-electron chi connectivity index (χ3n) is 4.59. The van der Waals surface area contributed by atoms with Crippen LogP contribution in [0.15, 0.2) is 41.3 Å². The van der Waals surface area contributed by atoms with Crippen LogP contribution in [0.4, 0.5) is 5.69 Å². The monoisotopic (exact) mass is 527 g/mol. The number of carbonyl (C=O) groups excluding carboxylic acids is 1. The number of halogens is 1. The Balaban J connectivity index is 2.26. The van der Waals surface area contributed by atoms with Crippen LogP contribution in [0.2, 0.25) is 5.02 Å². The van der Waals surface area contributed by atoms with Gasteiger partial charge in [-0.2, -0.15) is 0 Å². The molecule has 0 aliphatic heterocycles. The minimum atomic E-state index is -3.57. The Labute approximate surface area is 210 Å². The number of rotatable bonds is 11. The highest BCUT2D eigenvalue weighted by atomic mass is 35.5. The molecule has 2 rings (SSSR count). The third kappa shape index (κ3) is 8.95. The predicted octanol–water partition coefficient (Wildman–Crippen LogP) is 4.49. The van der Waals surface area contributed by atoms with Gasteiger partial charge in [0, 0.05) is 35.0 Å². The van der Waals surface area contributed by atoms with E-state index in [0.717, 1.165) is 6.26 Å². The Morgan fingerprint density at radius 2 is 1.83 bits per heavy atom. The van der Waals surface area contributed by atoms with Gasteiger partial charge in [0.25, 0.3) is 0 Å². The lowest BCUT2D eigenvalue weighted by atomic mass is 10.0. The van der Waals surface area contributed by atoms with Crippen molar-refractivity contribution in [2.45, 2.75) is 50.2 Å². The fourth-order valence-corrected chi connectivity index (χ4v) is 3.92. The normalized spacial score (nSPS) is 12.5. The lowest BCUT2D eigenvalue weighted by Crippen LogP contribution is -2.24. The summed E-state index contributed by atoms with van der Waals surface area (Å²) in [6, 6.07) is 7.37. The van der Waals surface area contributed by atoms with Crippen molar-refractivity contribution >= 4 is 39.1 Å². The number of ether oxygens (including phenoxy) is 3. The molecule has 2 aromatic carbocycles. The topological polar surface area (TPSA) is 128 Å². The van der Waals surface area contributed by atoms with Crippen LogP contribution in [0.25, 0.3) is 0 Å². The van der Waals surface area contributed by atoms with Crippen molar-refractivity contribution in [3.63, 3.8) is 0 Å². The minimum absolute atomic E-state index is 0.0294. The molecule has 0 bridgehead atoms. The number of hydrogen-bond acceptors (Lipinski definition) is 8. The summed E-state index contributed by atoms with van der Waals surface area (Å²) in [6.45, 7) is 5.45. The summed E-state index contributed by atoms with van der Waals surface area (Å²) in [7, 11) is -2.20. The fourth-order valence-electron chi connectivity index (χ4n) is 3.09. The number of nitrogens with one attached hydrogen (secondary N) is 1.